The fraction of sp³-hybridized carbons (Fsp3) is 0.333. The third kappa shape index (κ3) is 6.21. The van der Waals surface area contributed by atoms with Crippen LogP contribution >= 0.6 is 11.3 Å². The molecule has 1 aliphatic heterocycles. The predicted octanol–water partition coefficient (Wildman–Crippen LogP) is 3.26. The number of aromatic nitrogens is 2. The van der Waals surface area contributed by atoms with E-state index >= 15 is 0 Å². The zero-order valence-corrected chi connectivity index (χ0v) is 19.3. The van der Waals surface area contributed by atoms with Gasteiger partial charge in [0.1, 0.15) is 10.8 Å². The van der Waals surface area contributed by atoms with E-state index in [2.05, 4.69) is 20.4 Å². The Balaban J connectivity index is 1.28. The van der Waals surface area contributed by atoms with E-state index in [1.165, 1.54) is 23.5 Å². The van der Waals surface area contributed by atoms with Gasteiger partial charge < -0.3 is 10.2 Å². The molecule has 2 aromatic carbocycles. The first-order valence-electron chi connectivity index (χ1n) is 10.9. The largest absolute Gasteiger partial charge is 0.346 e. The second-order valence-corrected chi connectivity index (χ2v) is 9.16. The fourth-order valence-corrected chi connectivity index (χ4v) is 4.55. The van der Waals surface area contributed by atoms with Crippen molar-refractivity contribution in [1.29, 1.82) is 0 Å². The highest BCUT2D eigenvalue weighted by Gasteiger charge is 2.22. The Kier molecular flexibility index (Phi) is 7.41. The molecule has 2 amide bonds. The van der Waals surface area contributed by atoms with Crippen molar-refractivity contribution in [3.05, 3.63) is 81.1 Å². The monoisotopic (exact) mass is 467 g/mol. The summed E-state index contributed by atoms with van der Waals surface area (Å²) in [7, 11) is 0. The van der Waals surface area contributed by atoms with Gasteiger partial charge in [-0.2, -0.15) is 0 Å². The molecule has 1 N–H and O–H groups in total. The molecule has 0 aliphatic carbocycles. The Morgan fingerprint density at radius 2 is 1.88 bits per heavy atom. The summed E-state index contributed by atoms with van der Waals surface area (Å²) >= 11 is 1.27. The van der Waals surface area contributed by atoms with Crippen LogP contribution in [0, 0.1) is 12.7 Å². The first-order chi connectivity index (χ1) is 16.0. The number of nitrogens with zero attached hydrogens (tertiary/aromatic N) is 4. The van der Waals surface area contributed by atoms with E-state index in [-0.39, 0.29) is 17.6 Å². The topological polar surface area (TPSA) is 78.4 Å². The maximum atomic E-state index is 13.0. The van der Waals surface area contributed by atoms with Gasteiger partial charge in [-0.05, 0) is 43.2 Å². The van der Waals surface area contributed by atoms with E-state index in [9.17, 15) is 14.0 Å². The van der Waals surface area contributed by atoms with E-state index < -0.39 is 0 Å². The Bertz CT molecular complexity index is 1120. The van der Waals surface area contributed by atoms with Crippen molar-refractivity contribution >= 4 is 23.2 Å². The Labute approximate surface area is 196 Å². The van der Waals surface area contributed by atoms with Gasteiger partial charge in [0.05, 0.1) is 6.54 Å². The summed E-state index contributed by atoms with van der Waals surface area (Å²) in [5, 5.41) is 12.1. The lowest BCUT2D eigenvalue weighted by Crippen LogP contribution is -2.35. The van der Waals surface area contributed by atoms with Crippen LogP contribution < -0.4 is 5.32 Å². The summed E-state index contributed by atoms with van der Waals surface area (Å²) in [4.78, 5) is 29.4. The molecule has 0 radical (unpaired) electrons. The van der Waals surface area contributed by atoms with Crippen molar-refractivity contribution in [3.63, 3.8) is 0 Å². The normalized spacial score (nSPS) is 14.7. The average Bonchev–Trinajstić information content (AvgIpc) is 3.16. The van der Waals surface area contributed by atoms with Crippen LogP contribution in [0.4, 0.5) is 4.39 Å². The van der Waals surface area contributed by atoms with Gasteiger partial charge in [0.2, 0.25) is 5.01 Å². The Hall–Kier alpha value is -3.17. The molecule has 2 heterocycles. The summed E-state index contributed by atoms with van der Waals surface area (Å²) in [6.07, 6.45) is 0.876. The third-order valence-electron chi connectivity index (χ3n) is 5.53. The molecule has 4 rings (SSSR count). The molecule has 9 heteroatoms. The second kappa shape index (κ2) is 10.6. The number of hydrogen-bond acceptors (Lipinski definition) is 6. The van der Waals surface area contributed by atoms with Gasteiger partial charge in [-0.15, -0.1) is 10.2 Å². The number of carbonyl (C=O) groups excluding carboxylic acids is 2. The van der Waals surface area contributed by atoms with Crippen molar-refractivity contribution in [2.24, 2.45) is 0 Å². The minimum absolute atomic E-state index is 0.0663. The molecule has 7 nitrogen and oxygen atoms in total. The van der Waals surface area contributed by atoms with E-state index in [1.54, 1.807) is 12.1 Å². The summed E-state index contributed by atoms with van der Waals surface area (Å²) < 4.78 is 13.0. The number of nitrogens with one attached hydrogen (secondary N) is 1. The number of benzene rings is 2. The summed E-state index contributed by atoms with van der Waals surface area (Å²) in [6, 6.07) is 13.7. The number of halogens is 1. The van der Waals surface area contributed by atoms with Crippen LogP contribution in [-0.2, 0) is 13.1 Å². The fourth-order valence-electron chi connectivity index (χ4n) is 3.75. The molecule has 0 atom stereocenters. The van der Waals surface area contributed by atoms with E-state index in [0.717, 1.165) is 47.8 Å². The van der Waals surface area contributed by atoms with Gasteiger partial charge in [-0.3, -0.25) is 14.5 Å². The molecule has 3 aromatic rings. The minimum atomic E-state index is -0.310. The highest BCUT2D eigenvalue weighted by atomic mass is 32.1. The smallest absolute Gasteiger partial charge is 0.282 e. The molecular formula is C24H26FN5O2S. The van der Waals surface area contributed by atoms with Crippen LogP contribution in [0.15, 0.2) is 48.5 Å². The SMILES string of the molecule is Cc1cccc(C(=O)N2CCCN(Cc3nnc(C(=O)NCc4ccc(F)cc4)s3)CC2)c1. The highest BCUT2D eigenvalue weighted by Crippen LogP contribution is 2.16. The van der Waals surface area contributed by atoms with Crippen molar-refractivity contribution in [1.82, 2.24) is 25.3 Å². The second-order valence-electron chi connectivity index (χ2n) is 8.10. The molecule has 0 bridgehead atoms. The number of aryl methyl sites for hydroxylation is 1. The summed E-state index contributed by atoms with van der Waals surface area (Å²) in [5.74, 6) is -0.541. The zero-order valence-electron chi connectivity index (χ0n) is 18.5. The van der Waals surface area contributed by atoms with Gasteiger partial charge in [-0.1, -0.05) is 41.2 Å². The molecule has 172 valence electrons. The number of rotatable bonds is 6. The van der Waals surface area contributed by atoms with E-state index in [4.69, 9.17) is 0 Å². The van der Waals surface area contributed by atoms with Crippen LogP contribution in [0.2, 0.25) is 0 Å². The van der Waals surface area contributed by atoms with Crippen LogP contribution in [0.5, 0.6) is 0 Å². The molecule has 1 saturated heterocycles. The van der Waals surface area contributed by atoms with Crippen LogP contribution in [0.25, 0.3) is 0 Å². The quantitative estimate of drug-likeness (QED) is 0.602. The number of carbonyl (C=O) groups is 2. The van der Waals surface area contributed by atoms with Crippen molar-refractivity contribution in [2.75, 3.05) is 26.2 Å². The van der Waals surface area contributed by atoms with E-state index in [1.807, 2.05) is 36.1 Å². The lowest BCUT2D eigenvalue weighted by Gasteiger charge is -2.21. The first-order valence-corrected chi connectivity index (χ1v) is 11.7. The zero-order chi connectivity index (χ0) is 23.2. The molecular weight excluding hydrogens is 441 g/mol. The lowest BCUT2D eigenvalue weighted by molar-refractivity contribution is 0.0760. The number of amides is 2. The maximum Gasteiger partial charge on any atom is 0.282 e. The van der Waals surface area contributed by atoms with Gasteiger partial charge in [0, 0.05) is 38.3 Å². The Morgan fingerprint density at radius 3 is 2.67 bits per heavy atom. The lowest BCUT2D eigenvalue weighted by atomic mass is 10.1. The predicted molar refractivity (Wildman–Crippen MR) is 124 cm³/mol. The first kappa shape index (κ1) is 23.0. The van der Waals surface area contributed by atoms with Crippen LogP contribution in [0.1, 0.15) is 42.7 Å². The molecule has 1 aromatic heterocycles. The van der Waals surface area contributed by atoms with Crippen molar-refractivity contribution < 1.29 is 14.0 Å². The standard InChI is InChI=1S/C24H26FN5O2S/c1-17-4-2-5-19(14-17)24(32)30-11-3-10-29(12-13-30)16-21-27-28-23(33-21)22(31)26-15-18-6-8-20(25)9-7-18/h2,4-9,14H,3,10-13,15-16H2,1H3,(H,26,31). The summed E-state index contributed by atoms with van der Waals surface area (Å²) in [5.41, 5.74) is 2.61. The van der Waals surface area contributed by atoms with Gasteiger partial charge in [0.15, 0.2) is 0 Å². The van der Waals surface area contributed by atoms with Crippen molar-refractivity contribution in [3.8, 4) is 0 Å². The van der Waals surface area contributed by atoms with Crippen LogP contribution in [0.3, 0.4) is 0 Å². The van der Waals surface area contributed by atoms with Gasteiger partial charge in [0.25, 0.3) is 11.8 Å². The van der Waals surface area contributed by atoms with Crippen LogP contribution in [-0.4, -0.2) is 58.0 Å². The highest BCUT2D eigenvalue weighted by molar-refractivity contribution is 7.13. The minimum Gasteiger partial charge on any atom is -0.346 e. The maximum absolute atomic E-state index is 13.0. The molecule has 0 unspecified atom stereocenters. The molecule has 0 saturated carbocycles. The van der Waals surface area contributed by atoms with Gasteiger partial charge in [-0.25, -0.2) is 4.39 Å². The molecule has 1 fully saturated rings. The molecule has 1 aliphatic rings. The third-order valence-corrected chi connectivity index (χ3v) is 6.43. The number of hydrogen-bond donors (Lipinski definition) is 1. The Morgan fingerprint density at radius 1 is 1.06 bits per heavy atom. The summed E-state index contributed by atoms with van der Waals surface area (Å²) in [6.45, 7) is 5.83. The van der Waals surface area contributed by atoms with Crippen molar-refractivity contribution in [2.45, 2.75) is 26.4 Å². The average molecular weight is 468 g/mol. The molecule has 33 heavy (non-hydrogen) atoms. The van der Waals surface area contributed by atoms with Gasteiger partial charge >= 0.3 is 0 Å². The van der Waals surface area contributed by atoms with E-state index in [0.29, 0.717) is 24.6 Å². The molecule has 0 spiro atoms.